The van der Waals surface area contributed by atoms with Crippen LogP contribution in [0.4, 0.5) is 0 Å². The minimum atomic E-state index is 0.300. The smallest absolute Gasteiger partial charge is 0.0445 e. The zero-order chi connectivity index (χ0) is 11.3. The van der Waals surface area contributed by atoms with E-state index in [-0.39, 0.29) is 0 Å². The van der Waals surface area contributed by atoms with Gasteiger partial charge in [-0.2, -0.15) is 0 Å². The average molecular weight is 213 g/mol. The Morgan fingerprint density at radius 2 is 2.00 bits per heavy atom. The van der Waals surface area contributed by atoms with Crippen LogP contribution in [0.15, 0.2) is 0 Å². The summed E-state index contributed by atoms with van der Waals surface area (Å²) in [6.45, 7) is 7.15. The molecule has 2 N–H and O–H groups in total. The number of hydrogen-bond acceptors (Lipinski definition) is 2. The second kappa shape index (κ2) is 6.49. The van der Waals surface area contributed by atoms with E-state index in [0.717, 1.165) is 18.3 Å². The number of hydrogen-bond donors (Lipinski definition) is 2. The zero-order valence-electron chi connectivity index (χ0n) is 10.5. The van der Waals surface area contributed by atoms with Gasteiger partial charge < -0.3 is 10.4 Å². The van der Waals surface area contributed by atoms with Gasteiger partial charge in [0.15, 0.2) is 0 Å². The molecule has 1 fully saturated rings. The maximum atomic E-state index is 8.87. The van der Waals surface area contributed by atoms with Gasteiger partial charge in [0.1, 0.15) is 0 Å². The van der Waals surface area contributed by atoms with Crippen molar-refractivity contribution in [1.29, 1.82) is 0 Å². The fraction of sp³-hybridized carbons (Fsp3) is 1.00. The fourth-order valence-corrected chi connectivity index (χ4v) is 2.66. The average Bonchev–Trinajstić information content (AvgIpc) is 2.18. The molecular weight excluding hydrogens is 186 g/mol. The maximum Gasteiger partial charge on any atom is 0.0445 e. The highest BCUT2D eigenvalue weighted by atomic mass is 16.3. The van der Waals surface area contributed by atoms with Crippen LogP contribution in [0.1, 0.15) is 52.9 Å². The molecule has 1 aliphatic rings. The first-order valence-corrected chi connectivity index (χ1v) is 6.50. The predicted molar refractivity (Wildman–Crippen MR) is 64.9 cm³/mol. The Balaban J connectivity index is 2.29. The van der Waals surface area contributed by atoms with Crippen molar-refractivity contribution in [2.45, 2.75) is 65.0 Å². The van der Waals surface area contributed by atoms with Gasteiger partial charge in [-0.3, -0.25) is 0 Å². The van der Waals surface area contributed by atoms with Crippen molar-refractivity contribution >= 4 is 0 Å². The Morgan fingerprint density at radius 1 is 1.27 bits per heavy atom. The predicted octanol–water partition coefficient (Wildman–Crippen LogP) is 2.56. The lowest BCUT2D eigenvalue weighted by molar-refractivity contribution is 0.208. The van der Waals surface area contributed by atoms with Gasteiger partial charge in [0.25, 0.3) is 0 Å². The third-order valence-electron chi connectivity index (χ3n) is 3.74. The van der Waals surface area contributed by atoms with Gasteiger partial charge in [-0.05, 0) is 38.0 Å². The molecule has 15 heavy (non-hydrogen) atoms. The van der Waals surface area contributed by atoms with Crippen LogP contribution in [-0.4, -0.2) is 23.8 Å². The van der Waals surface area contributed by atoms with E-state index in [9.17, 15) is 0 Å². The molecule has 90 valence electrons. The number of aliphatic hydroxyl groups is 1. The SMILES string of the molecule is CC(CCO)NC1CCCC(C(C)C)C1. The Morgan fingerprint density at radius 3 is 2.60 bits per heavy atom. The Kier molecular flexibility index (Phi) is 5.62. The second-order valence-corrected chi connectivity index (χ2v) is 5.45. The van der Waals surface area contributed by atoms with E-state index in [2.05, 4.69) is 26.1 Å². The monoisotopic (exact) mass is 213 g/mol. The molecular formula is C13H27NO. The Bertz CT molecular complexity index is 170. The highest BCUT2D eigenvalue weighted by Crippen LogP contribution is 2.30. The minimum absolute atomic E-state index is 0.300. The maximum absolute atomic E-state index is 8.87. The fourth-order valence-electron chi connectivity index (χ4n) is 2.66. The minimum Gasteiger partial charge on any atom is -0.396 e. The highest BCUT2D eigenvalue weighted by molar-refractivity contribution is 4.81. The van der Waals surface area contributed by atoms with E-state index in [1.54, 1.807) is 0 Å². The molecule has 3 atom stereocenters. The lowest BCUT2D eigenvalue weighted by Crippen LogP contribution is -2.40. The van der Waals surface area contributed by atoms with Gasteiger partial charge in [-0.25, -0.2) is 0 Å². The second-order valence-electron chi connectivity index (χ2n) is 5.45. The van der Waals surface area contributed by atoms with E-state index in [0.29, 0.717) is 18.7 Å². The summed E-state index contributed by atoms with van der Waals surface area (Å²) in [6.07, 6.45) is 6.30. The third-order valence-corrected chi connectivity index (χ3v) is 3.74. The van der Waals surface area contributed by atoms with E-state index < -0.39 is 0 Å². The molecule has 0 aliphatic heterocycles. The Labute approximate surface area is 94.5 Å². The molecule has 0 bridgehead atoms. The number of nitrogens with one attached hydrogen (secondary N) is 1. The van der Waals surface area contributed by atoms with Crippen LogP contribution >= 0.6 is 0 Å². The van der Waals surface area contributed by atoms with Crippen LogP contribution in [0.2, 0.25) is 0 Å². The normalized spacial score (nSPS) is 29.4. The molecule has 0 aromatic carbocycles. The first-order valence-electron chi connectivity index (χ1n) is 6.50. The third kappa shape index (κ3) is 4.52. The Hall–Kier alpha value is -0.0800. The standard InChI is InChI=1S/C13H27NO/c1-10(2)12-5-4-6-13(9-12)14-11(3)7-8-15/h10-15H,4-9H2,1-3H3. The van der Waals surface area contributed by atoms with Gasteiger partial charge in [0.2, 0.25) is 0 Å². The molecule has 0 saturated heterocycles. The molecule has 2 nitrogen and oxygen atoms in total. The van der Waals surface area contributed by atoms with Crippen molar-refractivity contribution in [1.82, 2.24) is 5.32 Å². The van der Waals surface area contributed by atoms with E-state index in [1.807, 2.05) is 0 Å². The van der Waals surface area contributed by atoms with Crippen LogP contribution in [0.5, 0.6) is 0 Å². The van der Waals surface area contributed by atoms with Crippen LogP contribution in [0.3, 0.4) is 0 Å². The molecule has 0 radical (unpaired) electrons. The number of aliphatic hydroxyl groups excluding tert-OH is 1. The molecule has 2 heteroatoms. The topological polar surface area (TPSA) is 32.3 Å². The number of rotatable bonds is 5. The summed E-state index contributed by atoms with van der Waals surface area (Å²) in [5, 5.41) is 12.5. The van der Waals surface area contributed by atoms with Gasteiger partial charge in [0.05, 0.1) is 0 Å². The van der Waals surface area contributed by atoms with E-state index in [1.165, 1.54) is 25.7 Å². The van der Waals surface area contributed by atoms with Crippen LogP contribution in [-0.2, 0) is 0 Å². The first-order chi connectivity index (χ1) is 7.13. The summed E-state index contributed by atoms with van der Waals surface area (Å²) in [4.78, 5) is 0. The van der Waals surface area contributed by atoms with Crippen LogP contribution < -0.4 is 5.32 Å². The lowest BCUT2D eigenvalue weighted by atomic mass is 9.79. The molecule has 1 saturated carbocycles. The summed E-state index contributed by atoms with van der Waals surface area (Å²) in [6, 6.07) is 1.15. The zero-order valence-corrected chi connectivity index (χ0v) is 10.5. The largest absolute Gasteiger partial charge is 0.396 e. The van der Waals surface area contributed by atoms with Crippen molar-refractivity contribution in [2.24, 2.45) is 11.8 Å². The van der Waals surface area contributed by atoms with Crippen LogP contribution in [0, 0.1) is 11.8 Å². The van der Waals surface area contributed by atoms with Gasteiger partial charge >= 0.3 is 0 Å². The molecule has 0 spiro atoms. The van der Waals surface area contributed by atoms with E-state index >= 15 is 0 Å². The quantitative estimate of drug-likeness (QED) is 0.735. The van der Waals surface area contributed by atoms with Crippen LogP contribution in [0.25, 0.3) is 0 Å². The van der Waals surface area contributed by atoms with Crippen molar-refractivity contribution in [3.63, 3.8) is 0 Å². The van der Waals surface area contributed by atoms with Crippen molar-refractivity contribution in [2.75, 3.05) is 6.61 Å². The summed E-state index contributed by atoms with van der Waals surface area (Å²) in [5.41, 5.74) is 0. The van der Waals surface area contributed by atoms with E-state index in [4.69, 9.17) is 5.11 Å². The summed E-state index contributed by atoms with van der Waals surface area (Å²) in [7, 11) is 0. The van der Waals surface area contributed by atoms with Gasteiger partial charge in [-0.1, -0.05) is 26.7 Å². The van der Waals surface area contributed by atoms with Gasteiger partial charge in [0, 0.05) is 18.7 Å². The molecule has 0 heterocycles. The molecule has 3 unspecified atom stereocenters. The van der Waals surface area contributed by atoms with Crippen molar-refractivity contribution in [3.05, 3.63) is 0 Å². The molecule has 0 aromatic heterocycles. The highest BCUT2D eigenvalue weighted by Gasteiger charge is 2.24. The van der Waals surface area contributed by atoms with Gasteiger partial charge in [-0.15, -0.1) is 0 Å². The first kappa shape index (κ1) is 13.0. The lowest BCUT2D eigenvalue weighted by Gasteiger charge is -2.33. The summed E-state index contributed by atoms with van der Waals surface area (Å²) < 4.78 is 0. The van der Waals surface area contributed by atoms with Crippen molar-refractivity contribution in [3.8, 4) is 0 Å². The molecule has 0 amide bonds. The molecule has 1 aliphatic carbocycles. The molecule has 1 rings (SSSR count). The van der Waals surface area contributed by atoms with Crippen molar-refractivity contribution < 1.29 is 5.11 Å². The summed E-state index contributed by atoms with van der Waals surface area (Å²) >= 11 is 0. The molecule has 0 aromatic rings. The summed E-state index contributed by atoms with van der Waals surface area (Å²) in [5.74, 6) is 1.72.